The number of hydrogen-bond donors (Lipinski definition) is 0. The van der Waals surface area contributed by atoms with Crippen LogP contribution in [0, 0.1) is 12.3 Å². The molecular weight excluding hydrogens is 412 g/mol. The molecule has 0 aromatic carbocycles. The number of amides is 1. The van der Waals surface area contributed by atoms with E-state index in [2.05, 4.69) is 36.1 Å². The van der Waals surface area contributed by atoms with Crippen molar-refractivity contribution < 1.29 is 9.53 Å². The van der Waals surface area contributed by atoms with Crippen molar-refractivity contribution >= 4 is 21.8 Å². The van der Waals surface area contributed by atoms with Crippen molar-refractivity contribution in [3.05, 3.63) is 27.9 Å². The summed E-state index contributed by atoms with van der Waals surface area (Å²) in [7, 11) is 3.39. The molecule has 2 aromatic heterocycles. The monoisotopic (exact) mass is 434 g/mol. The van der Waals surface area contributed by atoms with Gasteiger partial charge in [-0.05, 0) is 48.5 Å². The van der Waals surface area contributed by atoms with Gasteiger partial charge in [-0.2, -0.15) is 14.9 Å². The van der Waals surface area contributed by atoms with Crippen LogP contribution in [-0.2, 0) is 18.4 Å². The summed E-state index contributed by atoms with van der Waals surface area (Å²) in [6.45, 7) is 3.20. The molecule has 1 saturated carbocycles. The molecule has 1 saturated heterocycles. The Bertz CT molecular complexity index is 885. The van der Waals surface area contributed by atoms with Crippen LogP contribution < -0.4 is 4.74 Å². The lowest BCUT2D eigenvalue weighted by Crippen LogP contribution is -2.33. The van der Waals surface area contributed by atoms with Gasteiger partial charge in [0.2, 0.25) is 11.8 Å². The van der Waals surface area contributed by atoms with E-state index in [1.807, 2.05) is 17.9 Å². The zero-order chi connectivity index (χ0) is 19.2. The molecule has 1 spiro atoms. The van der Waals surface area contributed by atoms with Crippen molar-refractivity contribution in [3.8, 4) is 5.88 Å². The maximum absolute atomic E-state index is 13.2. The number of nitrogens with zero attached hydrogens (tertiary/aromatic N) is 6. The number of carbonyl (C=O) groups is 1. The quantitative estimate of drug-likeness (QED) is 0.733. The second-order valence-corrected chi connectivity index (χ2v) is 8.28. The Kier molecular flexibility index (Phi) is 4.65. The maximum Gasteiger partial charge on any atom is 0.229 e. The van der Waals surface area contributed by atoms with Crippen LogP contribution in [0.1, 0.15) is 48.8 Å². The molecule has 1 amide bonds. The van der Waals surface area contributed by atoms with Crippen LogP contribution in [-0.4, -0.2) is 49.4 Å². The van der Waals surface area contributed by atoms with Crippen molar-refractivity contribution in [2.75, 3.05) is 13.7 Å². The summed E-state index contributed by atoms with van der Waals surface area (Å²) < 4.78 is 5.98. The maximum atomic E-state index is 13.2. The van der Waals surface area contributed by atoms with E-state index in [-0.39, 0.29) is 17.2 Å². The van der Waals surface area contributed by atoms with Crippen LogP contribution in [0.25, 0.3) is 0 Å². The zero-order valence-electron chi connectivity index (χ0n) is 15.8. The lowest BCUT2D eigenvalue weighted by atomic mass is 9.83. The van der Waals surface area contributed by atoms with Crippen LogP contribution in [0.3, 0.4) is 0 Å². The lowest BCUT2D eigenvalue weighted by Gasteiger charge is -2.22. The molecule has 0 radical (unpaired) electrons. The van der Waals surface area contributed by atoms with Crippen molar-refractivity contribution in [3.63, 3.8) is 0 Å². The number of methoxy groups -OCH3 is 1. The molecule has 2 atom stereocenters. The number of likely N-dealkylation sites (tertiary alicyclic amines) is 1. The van der Waals surface area contributed by atoms with E-state index >= 15 is 0 Å². The third-order valence-electron chi connectivity index (χ3n) is 5.71. The Balaban J connectivity index is 1.50. The first kappa shape index (κ1) is 18.3. The fourth-order valence-electron chi connectivity index (χ4n) is 4.36. The average Bonchev–Trinajstić information content (AvgIpc) is 3.29. The van der Waals surface area contributed by atoms with Gasteiger partial charge in [0.25, 0.3) is 0 Å². The highest BCUT2D eigenvalue weighted by atomic mass is 79.9. The topological polar surface area (TPSA) is 86.0 Å². The number of hydrogen-bond acceptors (Lipinski definition) is 6. The summed E-state index contributed by atoms with van der Waals surface area (Å²) in [4.78, 5) is 25.8. The Morgan fingerprint density at radius 2 is 2.15 bits per heavy atom. The zero-order valence-corrected chi connectivity index (χ0v) is 17.4. The Labute approximate surface area is 166 Å². The van der Waals surface area contributed by atoms with Gasteiger partial charge in [-0.25, -0.2) is 4.98 Å². The van der Waals surface area contributed by atoms with Crippen LogP contribution in [0.2, 0.25) is 0 Å². The number of aromatic nitrogens is 5. The molecule has 0 bridgehead atoms. The Morgan fingerprint density at radius 3 is 2.85 bits per heavy atom. The summed E-state index contributed by atoms with van der Waals surface area (Å²) in [5.74, 6) is 1.81. The molecule has 2 aromatic rings. The van der Waals surface area contributed by atoms with Gasteiger partial charge < -0.3 is 9.64 Å². The van der Waals surface area contributed by atoms with Crippen LogP contribution >= 0.6 is 15.9 Å². The first-order chi connectivity index (χ1) is 12.9. The van der Waals surface area contributed by atoms with Gasteiger partial charge in [-0.15, -0.1) is 5.10 Å². The third kappa shape index (κ3) is 3.33. The van der Waals surface area contributed by atoms with Crippen LogP contribution in [0.4, 0.5) is 0 Å². The predicted molar refractivity (Wildman–Crippen MR) is 101 cm³/mol. The summed E-state index contributed by atoms with van der Waals surface area (Å²) in [6.07, 6.45) is 3.50. The summed E-state index contributed by atoms with van der Waals surface area (Å²) >= 11 is 3.42. The lowest BCUT2D eigenvalue weighted by molar-refractivity contribution is -0.136. The van der Waals surface area contributed by atoms with Gasteiger partial charge in [-0.1, -0.05) is 0 Å². The highest BCUT2D eigenvalue weighted by Gasteiger charge is 2.51. The highest BCUT2D eigenvalue weighted by Crippen LogP contribution is 2.52. The van der Waals surface area contributed by atoms with Gasteiger partial charge in [-0.3, -0.25) is 4.79 Å². The molecule has 1 aliphatic heterocycles. The molecule has 27 heavy (non-hydrogen) atoms. The minimum atomic E-state index is -0.292. The van der Waals surface area contributed by atoms with Crippen molar-refractivity contribution in [2.45, 2.75) is 45.1 Å². The standard InChI is InChI=1S/C18H23BrN6O2/c1-11-8-14(27-3)21-16(20-11)12-4-5-18(9-12)6-7-25(17(18)26)10-13-15(19)23-24(2)22-13/h8,12H,4-7,9-10H2,1-3H3. The molecule has 2 fully saturated rings. The molecule has 0 N–H and O–H groups in total. The number of halogens is 1. The van der Waals surface area contributed by atoms with E-state index < -0.39 is 0 Å². The Morgan fingerprint density at radius 1 is 1.33 bits per heavy atom. The van der Waals surface area contributed by atoms with Gasteiger partial charge in [0.1, 0.15) is 11.5 Å². The first-order valence-corrected chi connectivity index (χ1v) is 9.94. The first-order valence-electron chi connectivity index (χ1n) is 9.15. The number of ether oxygens (including phenoxy) is 1. The predicted octanol–water partition coefficient (Wildman–Crippen LogP) is 2.37. The molecule has 1 aliphatic carbocycles. The SMILES string of the molecule is COc1cc(C)nc(C2CCC3(CCN(Cc4nn(C)nc4Br)C3=O)C2)n1. The van der Waals surface area contributed by atoms with Gasteiger partial charge in [0.15, 0.2) is 4.60 Å². The van der Waals surface area contributed by atoms with E-state index in [4.69, 9.17) is 4.74 Å². The smallest absolute Gasteiger partial charge is 0.229 e. The van der Waals surface area contributed by atoms with Gasteiger partial charge >= 0.3 is 0 Å². The van der Waals surface area contributed by atoms with Gasteiger partial charge in [0, 0.05) is 31.3 Å². The fraction of sp³-hybridized carbons (Fsp3) is 0.611. The van der Waals surface area contributed by atoms with Crippen LogP contribution in [0.5, 0.6) is 5.88 Å². The molecule has 3 heterocycles. The van der Waals surface area contributed by atoms with E-state index in [0.29, 0.717) is 17.0 Å². The normalized spacial score (nSPS) is 25.0. The summed E-state index contributed by atoms with van der Waals surface area (Å²) in [5.41, 5.74) is 1.40. The van der Waals surface area contributed by atoms with E-state index in [9.17, 15) is 4.79 Å². The van der Waals surface area contributed by atoms with Crippen molar-refractivity contribution in [1.82, 2.24) is 29.9 Å². The summed E-state index contributed by atoms with van der Waals surface area (Å²) in [6, 6.07) is 1.83. The molecule has 2 unspecified atom stereocenters. The number of carbonyl (C=O) groups excluding carboxylic acids is 1. The largest absolute Gasteiger partial charge is 0.481 e. The second-order valence-electron chi connectivity index (χ2n) is 7.53. The van der Waals surface area contributed by atoms with Gasteiger partial charge in [0.05, 0.1) is 19.1 Å². The molecule has 8 nitrogen and oxygen atoms in total. The molecule has 144 valence electrons. The van der Waals surface area contributed by atoms with E-state index in [0.717, 1.165) is 49.4 Å². The highest BCUT2D eigenvalue weighted by molar-refractivity contribution is 9.10. The number of aryl methyl sites for hydroxylation is 2. The minimum absolute atomic E-state index is 0.200. The fourth-order valence-corrected chi connectivity index (χ4v) is 4.80. The third-order valence-corrected chi connectivity index (χ3v) is 6.32. The Hall–Kier alpha value is -2.03. The van der Waals surface area contributed by atoms with E-state index in [1.54, 1.807) is 14.2 Å². The van der Waals surface area contributed by atoms with Crippen LogP contribution in [0.15, 0.2) is 10.7 Å². The summed E-state index contributed by atoms with van der Waals surface area (Å²) in [5, 5.41) is 8.54. The van der Waals surface area contributed by atoms with Crippen molar-refractivity contribution in [2.24, 2.45) is 12.5 Å². The molecule has 4 rings (SSSR count). The minimum Gasteiger partial charge on any atom is -0.481 e. The number of rotatable bonds is 4. The van der Waals surface area contributed by atoms with Crippen molar-refractivity contribution in [1.29, 1.82) is 0 Å². The molecule has 9 heteroatoms. The molecule has 2 aliphatic rings. The van der Waals surface area contributed by atoms with E-state index in [1.165, 1.54) is 4.80 Å². The molecular formula is C18H23BrN6O2. The average molecular weight is 435 g/mol. The second kappa shape index (κ2) is 6.85.